The Kier molecular flexibility index (Phi) is 6.06. The summed E-state index contributed by atoms with van der Waals surface area (Å²) < 4.78 is 19.3. The number of anilines is 1. The lowest BCUT2D eigenvalue weighted by molar-refractivity contribution is -0.967. The minimum absolute atomic E-state index is 0.0513. The number of nitrogens with zero attached hydrogens (tertiary/aromatic N) is 1. The molecule has 0 radical (unpaired) electrons. The third-order valence-corrected chi connectivity index (χ3v) is 6.27. The Hall–Kier alpha value is -1.95. The van der Waals surface area contributed by atoms with Crippen LogP contribution in [0.5, 0.6) is 0 Å². The maximum Gasteiger partial charge on any atom is 0.340 e. The van der Waals surface area contributed by atoms with Gasteiger partial charge in [0, 0.05) is 12.8 Å². The third-order valence-electron chi connectivity index (χ3n) is 6.27. The molecule has 5 nitrogen and oxygen atoms in total. The SMILES string of the molecule is CC[N+](CC)(CC)C1(C(=O)Nc2c(C)cc(F)cc2C(=O)OC)CCC1. The molecular formula is C20H30FN2O3+. The van der Waals surface area contributed by atoms with Crippen molar-refractivity contribution in [2.45, 2.75) is 52.5 Å². The lowest BCUT2D eigenvalue weighted by atomic mass is 9.72. The molecule has 0 aliphatic heterocycles. The summed E-state index contributed by atoms with van der Waals surface area (Å²) in [7, 11) is 1.24. The van der Waals surface area contributed by atoms with E-state index in [0.29, 0.717) is 15.7 Å². The summed E-state index contributed by atoms with van der Waals surface area (Å²) in [5.41, 5.74) is 0.411. The van der Waals surface area contributed by atoms with Crippen molar-refractivity contribution >= 4 is 17.6 Å². The zero-order valence-corrected chi connectivity index (χ0v) is 16.4. The van der Waals surface area contributed by atoms with Gasteiger partial charge in [-0.2, -0.15) is 0 Å². The van der Waals surface area contributed by atoms with Gasteiger partial charge in [-0.05, 0) is 51.8 Å². The molecule has 1 saturated carbocycles. The van der Waals surface area contributed by atoms with Crippen molar-refractivity contribution in [2.24, 2.45) is 0 Å². The van der Waals surface area contributed by atoms with Crippen LogP contribution >= 0.6 is 0 Å². The number of quaternary nitrogens is 1. The van der Waals surface area contributed by atoms with Crippen LogP contribution in [0.2, 0.25) is 0 Å². The van der Waals surface area contributed by atoms with Crippen molar-refractivity contribution in [2.75, 3.05) is 32.1 Å². The van der Waals surface area contributed by atoms with E-state index in [0.717, 1.165) is 45.0 Å². The van der Waals surface area contributed by atoms with Crippen LogP contribution < -0.4 is 5.32 Å². The number of amides is 1. The van der Waals surface area contributed by atoms with E-state index in [1.807, 2.05) is 0 Å². The van der Waals surface area contributed by atoms with Crippen LogP contribution in [0.25, 0.3) is 0 Å². The molecule has 0 unspecified atom stereocenters. The molecule has 6 heteroatoms. The van der Waals surface area contributed by atoms with Gasteiger partial charge in [0.15, 0.2) is 5.54 Å². The lowest BCUT2D eigenvalue weighted by Gasteiger charge is -2.55. The number of likely N-dealkylation sites (N-methyl/N-ethyl adjacent to an activating group) is 1. The standard InChI is InChI=1S/C20H29FN2O3/c1-6-23(7-2,8-3)20(10-9-11-20)19(25)22-17-14(4)12-15(21)13-16(17)18(24)26-5/h12-13H,6-11H2,1-5H3/p+1. The Balaban J connectivity index is 2.45. The average Bonchev–Trinajstić information content (AvgIpc) is 2.59. The highest BCUT2D eigenvalue weighted by molar-refractivity contribution is 6.05. The number of benzene rings is 1. The summed E-state index contributed by atoms with van der Waals surface area (Å²) in [6, 6.07) is 2.43. The fourth-order valence-corrected chi connectivity index (χ4v) is 4.42. The van der Waals surface area contributed by atoms with Crippen LogP contribution in [-0.4, -0.2) is 48.6 Å². The van der Waals surface area contributed by atoms with Crippen molar-refractivity contribution in [3.63, 3.8) is 0 Å². The second-order valence-corrected chi connectivity index (χ2v) is 7.07. The van der Waals surface area contributed by atoms with E-state index in [9.17, 15) is 14.0 Å². The summed E-state index contributed by atoms with van der Waals surface area (Å²) in [4.78, 5) is 25.4. The van der Waals surface area contributed by atoms with Gasteiger partial charge in [0.1, 0.15) is 5.82 Å². The van der Waals surface area contributed by atoms with Crippen LogP contribution in [0.15, 0.2) is 12.1 Å². The number of methoxy groups -OCH3 is 1. The highest BCUT2D eigenvalue weighted by Gasteiger charge is 2.58. The monoisotopic (exact) mass is 365 g/mol. The van der Waals surface area contributed by atoms with Crippen LogP contribution in [-0.2, 0) is 9.53 Å². The number of hydrogen-bond donors (Lipinski definition) is 1. The molecule has 0 atom stereocenters. The molecule has 1 aromatic carbocycles. The molecule has 1 N–H and O–H groups in total. The third kappa shape index (κ3) is 3.11. The summed E-state index contributed by atoms with van der Waals surface area (Å²) in [6.07, 6.45) is 2.66. The Bertz CT molecular complexity index is 686. The smallest absolute Gasteiger partial charge is 0.340 e. The Morgan fingerprint density at radius 3 is 2.19 bits per heavy atom. The number of ether oxygens (including phenoxy) is 1. The number of hydrogen-bond acceptors (Lipinski definition) is 3. The molecular weight excluding hydrogens is 335 g/mol. The molecule has 1 aliphatic carbocycles. The van der Waals surface area contributed by atoms with E-state index >= 15 is 0 Å². The zero-order chi connectivity index (χ0) is 19.5. The number of esters is 1. The number of carbonyl (C=O) groups is 2. The average molecular weight is 365 g/mol. The van der Waals surface area contributed by atoms with Gasteiger partial charge in [-0.1, -0.05) is 0 Å². The Morgan fingerprint density at radius 1 is 1.19 bits per heavy atom. The maximum atomic E-state index is 13.8. The molecule has 1 amide bonds. The minimum Gasteiger partial charge on any atom is -0.465 e. The second-order valence-electron chi connectivity index (χ2n) is 7.07. The minimum atomic E-state index is -0.659. The van der Waals surface area contributed by atoms with Crippen LogP contribution in [0.3, 0.4) is 0 Å². The van der Waals surface area contributed by atoms with E-state index in [4.69, 9.17) is 4.74 Å². The van der Waals surface area contributed by atoms with Crippen molar-refractivity contribution < 1.29 is 23.2 Å². The number of rotatable bonds is 7. The fourth-order valence-electron chi connectivity index (χ4n) is 4.42. The van der Waals surface area contributed by atoms with E-state index < -0.39 is 17.3 Å². The van der Waals surface area contributed by atoms with Crippen LogP contribution in [0.4, 0.5) is 10.1 Å². The number of carbonyl (C=O) groups excluding carboxylic acids is 2. The highest BCUT2D eigenvalue weighted by Crippen LogP contribution is 2.44. The quantitative estimate of drug-likeness (QED) is 0.593. The predicted molar refractivity (Wildman–Crippen MR) is 99.6 cm³/mol. The topological polar surface area (TPSA) is 55.4 Å². The molecule has 0 saturated heterocycles. The van der Waals surface area contributed by atoms with Gasteiger partial charge in [-0.25, -0.2) is 9.18 Å². The first-order valence-corrected chi connectivity index (χ1v) is 9.37. The van der Waals surface area contributed by atoms with Crippen molar-refractivity contribution in [3.05, 3.63) is 29.1 Å². The number of nitrogens with one attached hydrogen (secondary N) is 1. The summed E-state index contributed by atoms with van der Waals surface area (Å²) in [5, 5.41) is 2.95. The summed E-state index contributed by atoms with van der Waals surface area (Å²) >= 11 is 0. The van der Waals surface area contributed by atoms with E-state index in [2.05, 4.69) is 26.1 Å². The summed E-state index contributed by atoms with van der Waals surface area (Å²) in [6.45, 7) is 10.6. The predicted octanol–water partition coefficient (Wildman–Crippen LogP) is 3.66. The molecule has 0 bridgehead atoms. The first-order chi connectivity index (χ1) is 12.3. The molecule has 0 spiro atoms. The Morgan fingerprint density at radius 2 is 1.77 bits per heavy atom. The second kappa shape index (κ2) is 7.74. The van der Waals surface area contributed by atoms with Crippen molar-refractivity contribution in [1.29, 1.82) is 0 Å². The number of aryl methyl sites for hydroxylation is 1. The van der Waals surface area contributed by atoms with Gasteiger partial charge < -0.3 is 14.5 Å². The van der Waals surface area contributed by atoms with Gasteiger partial charge in [0.2, 0.25) is 0 Å². The van der Waals surface area contributed by atoms with E-state index in [1.54, 1.807) is 6.92 Å². The first kappa shape index (κ1) is 20.4. The van der Waals surface area contributed by atoms with Crippen molar-refractivity contribution in [3.8, 4) is 0 Å². The van der Waals surface area contributed by atoms with E-state index in [-0.39, 0.29) is 11.5 Å². The molecule has 26 heavy (non-hydrogen) atoms. The molecule has 2 rings (SSSR count). The molecule has 0 heterocycles. The molecule has 1 aliphatic rings. The zero-order valence-electron chi connectivity index (χ0n) is 16.4. The van der Waals surface area contributed by atoms with Crippen LogP contribution in [0.1, 0.15) is 56.0 Å². The Labute approximate surface area is 155 Å². The lowest BCUT2D eigenvalue weighted by Crippen LogP contribution is -2.72. The van der Waals surface area contributed by atoms with Gasteiger partial charge >= 0.3 is 5.97 Å². The molecule has 0 aromatic heterocycles. The van der Waals surface area contributed by atoms with Gasteiger partial charge in [-0.15, -0.1) is 0 Å². The molecule has 144 valence electrons. The fraction of sp³-hybridized carbons (Fsp3) is 0.600. The molecule has 1 fully saturated rings. The van der Waals surface area contributed by atoms with Gasteiger partial charge in [0.05, 0.1) is 38.0 Å². The highest BCUT2D eigenvalue weighted by atomic mass is 19.1. The van der Waals surface area contributed by atoms with Gasteiger partial charge in [0.25, 0.3) is 5.91 Å². The van der Waals surface area contributed by atoms with E-state index in [1.165, 1.54) is 13.2 Å². The largest absolute Gasteiger partial charge is 0.465 e. The van der Waals surface area contributed by atoms with Crippen LogP contribution in [0, 0.1) is 12.7 Å². The normalized spacial score (nSPS) is 15.9. The molecule has 1 aromatic rings. The van der Waals surface area contributed by atoms with Gasteiger partial charge in [-0.3, -0.25) is 4.79 Å². The first-order valence-electron chi connectivity index (χ1n) is 9.37. The van der Waals surface area contributed by atoms with Crippen molar-refractivity contribution in [1.82, 2.24) is 0 Å². The number of halogens is 1. The summed E-state index contributed by atoms with van der Waals surface area (Å²) in [5.74, 6) is -1.28. The maximum absolute atomic E-state index is 13.8.